The minimum absolute atomic E-state index is 0.164. The zero-order valence-electron chi connectivity index (χ0n) is 35.8. The monoisotopic (exact) mass is 825 g/mol. The summed E-state index contributed by atoms with van der Waals surface area (Å²) < 4.78 is 32.7. The SMILES string of the molecule is CCC=CCC=CCC=CCC=CCCCCCCCCC(=O)OC(COC(=O)CCCCCCCC=CCCCCCCCC)COP(=O)(O)OCC(O)CO. The Bertz CT molecular complexity index is 1130. The van der Waals surface area contributed by atoms with Crippen molar-refractivity contribution in [3.8, 4) is 0 Å². The van der Waals surface area contributed by atoms with Crippen molar-refractivity contribution in [2.24, 2.45) is 0 Å². The first kappa shape index (κ1) is 54.7. The lowest BCUT2D eigenvalue weighted by Crippen LogP contribution is -2.29. The number of hydrogen-bond acceptors (Lipinski definition) is 9. The summed E-state index contributed by atoms with van der Waals surface area (Å²) in [6, 6.07) is 0. The van der Waals surface area contributed by atoms with Gasteiger partial charge in [-0.05, 0) is 77.0 Å². The summed E-state index contributed by atoms with van der Waals surface area (Å²) in [5.74, 6) is -0.953. The van der Waals surface area contributed by atoms with Crippen LogP contribution < -0.4 is 0 Å². The molecule has 0 saturated carbocycles. The summed E-state index contributed by atoms with van der Waals surface area (Å²) in [7, 11) is -4.63. The third-order valence-electron chi connectivity index (χ3n) is 9.16. The molecule has 57 heavy (non-hydrogen) atoms. The van der Waals surface area contributed by atoms with E-state index in [0.29, 0.717) is 12.8 Å². The largest absolute Gasteiger partial charge is 0.472 e. The van der Waals surface area contributed by atoms with E-state index in [-0.39, 0.29) is 19.4 Å². The van der Waals surface area contributed by atoms with Crippen molar-refractivity contribution in [3.63, 3.8) is 0 Å². The molecule has 0 spiro atoms. The number of ether oxygens (including phenoxy) is 2. The minimum atomic E-state index is -4.63. The molecule has 3 N–H and O–H groups in total. The summed E-state index contributed by atoms with van der Waals surface area (Å²) in [5, 5.41) is 18.3. The first-order valence-corrected chi connectivity index (χ1v) is 23.7. The maximum atomic E-state index is 12.6. The van der Waals surface area contributed by atoms with Gasteiger partial charge in [0.1, 0.15) is 12.7 Å². The van der Waals surface area contributed by atoms with Gasteiger partial charge in [0, 0.05) is 12.8 Å². The number of aliphatic hydroxyl groups excluding tert-OH is 2. The maximum Gasteiger partial charge on any atom is 0.472 e. The predicted molar refractivity (Wildman–Crippen MR) is 233 cm³/mol. The standard InChI is InChI=1S/C46H81O10P/c1-3-5-7-9-11-13-15-17-19-20-21-22-24-26-28-30-32-34-36-38-46(50)56-44(42-55-57(51,52)54-40-43(48)39-47)41-53-45(49)37-35-33-31-29-27-25-23-18-16-14-12-10-8-6-4-2/h5,7,11,13,17-19,21-23,43-44,47-48H,3-4,6,8-10,12,14-16,20,24-42H2,1-2H3,(H,51,52). The number of phosphoric acid groups is 1. The average Bonchev–Trinajstić information content (AvgIpc) is 3.20. The number of carbonyl (C=O) groups is 2. The van der Waals surface area contributed by atoms with Gasteiger partial charge >= 0.3 is 19.8 Å². The summed E-state index contributed by atoms with van der Waals surface area (Å²) >= 11 is 0. The van der Waals surface area contributed by atoms with Gasteiger partial charge in [-0.2, -0.15) is 0 Å². The molecule has 0 heterocycles. The molecule has 0 aliphatic carbocycles. The van der Waals surface area contributed by atoms with Crippen molar-refractivity contribution in [2.75, 3.05) is 26.4 Å². The number of esters is 2. The average molecular weight is 825 g/mol. The molecule has 0 aromatic heterocycles. The molecule has 0 aromatic rings. The fourth-order valence-corrected chi connectivity index (χ4v) is 6.53. The minimum Gasteiger partial charge on any atom is -0.462 e. The zero-order valence-corrected chi connectivity index (χ0v) is 36.7. The highest BCUT2D eigenvalue weighted by molar-refractivity contribution is 7.47. The highest BCUT2D eigenvalue weighted by atomic mass is 31.2. The Morgan fingerprint density at radius 1 is 0.544 bits per heavy atom. The third kappa shape index (κ3) is 41.6. The van der Waals surface area contributed by atoms with Crippen molar-refractivity contribution in [2.45, 2.75) is 193 Å². The first-order chi connectivity index (χ1) is 27.7. The Morgan fingerprint density at radius 3 is 1.47 bits per heavy atom. The van der Waals surface area contributed by atoms with E-state index >= 15 is 0 Å². The van der Waals surface area contributed by atoms with Crippen LogP contribution in [0.5, 0.6) is 0 Å². The molecule has 0 rings (SSSR count). The highest BCUT2D eigenvalue weighted by Gasteiger charge is 2.27. The summed E-state index contributed by atoms with van der Waals surface area (Å²) in [6.45, 7) is 2.23. The molecule has 11 heteroatoms. The lowest BCUT2D eigenvalue weighted by atomic mass is 10.1. The number of rotatable bonds is 41. The predicted octanol–water partition coefficient (Wildman–Crippen LogP) is 11.9. The van der Waals surface area contributed by atoms with Gasteiger partial charge in [0.15, 0.2) is 6.10 Å². The molecule has 0 aliphatic rings. The normalized spacial score (nSPS) is 14.4. The van der Waals surface area contributed by atoms with Crippen molar-refractivity contribution in [3.05, 3.63) is 60.8 Å². The number of unbranched alkanes of at least 4 members (excludes halogenated alkanes) is 17. The van der Waals surface area contributed by atoms with Crippen LogP contribution in [-0.2, 0) is 32.7 Å². The van der Waals surface area contributed by atoms with Crippen LogP contribution in [0.4, 0.5) is 0 Å². The summed E-state index contributed by atoms with van der Waals surface area (Å²) in [6.07, 6.45) is 46.1. The molecule has 3 atom stereocenters. The van der Waals surface area contributed by atoms with Crippen LogP contribution >= 0.6 is 7.82 Å². The van der Waals surface area contributed by atoms with E-state index in [0.717, 1.165) is 103 Å². The Labute approximate surface area is 346 Å². The molecular formula is C46H81O10P. The number of carbonyl (C=O) groups excluding carboxylic acids is 2. The molecule has 0 saturated heterocycles. The maximum absolute atomic E-state index is 12.6. The van der Waals surface area contributed by atoms with E-state index in [1.807, 2.05) is 0 Å². The molecule has 3 unspecified atom stereocenters. The molecule has 0 bridgehead atoms. The van der Waals surface area contributed by atoms with Gasteiger partial charge in [-0.3, -0.25) is 18.6 Å². The van der Waals surface area contributed by atoms with E-state index < -0.39 is 51.8 Å². The smallest absolute Gasteiger partial charge is 0.462 e. The Hall–Kier alpha value is -2.33. The molecule has 0 amide bonds. The van der Waals surface area contributed by atoms with Gasteiger partial charge in [0.2, 0.25) is 0 Å². The number of phosphoric ester groups is 1. The van der Waals surface area contributed by atoms with Crippen molar-refractivity contribution < 1.29 is 47.8 Å². The molecule has 0 aliphatic heterocycles. The molecule has 0 fully saturated rings. The number of aliphatic hydroxyl groups is 2. The second-order valence-electron chi connectivity index (χ2n) is 14.7. The van der Waals surface area contributed by atoms with Crippen LogP contribution in [0, 0.1) is 0 Å². The van der Waals surface area contributed by atoms with Crippen molar-refractivity contribution >= 4 is 19.8 Å². The van der Waals surface area contributed by atoms with E-state index in [4.69, 9.17) is 19.1 Å². The van der Waals surface area contributed by atoms with E-state index in [2.05, 4.69) is 79.1 Å². The second-order valence-corrected chi connectivity index (χ2v) is 16.1. The van der Waals surface area contributed by atoms with Crippen LogP contribution in [0.3, 0.4) is 0 Å². The topological polar surface area (TPSA) is 149 Å². The Balaban J connectivity index is 4.33. The van der Waals surface area contributed by atoms with Gasteiger partial charge in [-0.15, -0.1) is 0 Å². The lowest BCUT2D eigenvalue weighted by Gasteiger charge is -2.20. The fourth-order valence-electron chi connectivity index (χ4n) is 5.74. The van der Waals surface area contributed by atoms with Crippen LogP contribution in [0.15, 0.2) is 60.8 Å². The second kappa shape index (κ2) is 41.8. The number of allylic oxidation sites excluding steroid dienone is 10. The quantitative estimate of drug-likeness (QED) is 0.0235. The highest BCUT2D eigenvalue weighted by Crippen LogP contribution is 2.43. The third-order valence-corrected chi connectivity index (χ3v) is 10.1. The Kier molecular flexibility index (Phi) is 40.1. The van der Waals surface area contributed by atoms with Crippen molar-refractivity contribution in [1.29, 1.82) is 0 Å². The zero-order chi connectivity index (χ0) is 41.9. The van der Waals surface area contributed by atoms with Crippen molar-refractivity contribution in [1.82, 2.24) is 0 Å². The van der Waals surface area contributed by atoms with Gasteiger partial charge in [0.25, 0.3) is 0 Å². The van der Waals surface area contributed by atoms with Gasteiger partial charge in [0.05, 0.1) is 19.8 Å². The first-order valence-electron chi connectivity index (χ1n) is 22.2. The molecule has 10 nitrogen and oxygen atoms in total. The molecule has 0 aromatic carbocycles. The van der Waals surface area contributed by atoms with E-state index in [1.165, 1.54) is 38.5 Å². The van der Waals surface area contributed by atoms with Crippen LogP contribution in [0.25, 0.3) is 0 Å². The summed E-state index contributed by atoms with van der Waals surface area (Å²) in [5.41, 5.74) is 0. The van der Waals surface area contributed by atoms with Gasteiger partial charge in [-0.1, -0.05) is 152 Å². The van der Waals surface area contributed by atoms with Crippen LogP contribution in [0.2, 0.25) is 0 Å². The van der Waals surface area contributed by atoms with Gasteiger partial charge < -0.3 is 24.6 Å². The van der Waals surface area contributed by atoms with Gasteiger partial charge in [-0.25, -0.2) is 4.57 Å². The molecular weight excluding hydrogens is 743 g/mol. The van der Waals surface area contributed by atoms with E-state index in [9.17, 15) is 24.2 Å². The Morgan fingerprint density at radius 2 is 0.965 bits per heavy atom. The molecule has 330 valence electrons. The number of hydrogen-bond donors (Lipinski definition) is 3. The van der Waals surface area contributed by atoms with Crippen LogP contribution in [0.1, 0.15) is 181 Å². The van der Waals surface area contributed by atoms with E-state index in [1.54, 1.807) is 0 Å². The molecule has 0 radical (unpaired) electrons. The fraction of sp³-hybridized carbons (Fsp3) is 0.739. The lowest BCUT2D eigenvalue weighted by molar-refractivity contribution is -0.161. The van der Waals surface area contributed by atoms with Crippen LogP contribution in [-0.4, -0.2) is 65.7 Å². The summed E-state index contributed by atoms with van der Waals surface area (Å²) in [4.78, 5) is 35.0.